The fourth-order valence-corrected chi connectivity index (χ4v) is 3.74. The molecule has 0 radical (unpaired) electrons. The monoisotopic (exact) mass is 372 g/mol. The number of benzene rings is 2. The number of H-pyrrole nitrogens is 1. The molecule has 0 spiro atoms. The van der Waals surface area contributed by atoms with Gasteiger partial charge in [-0.2, -0.15) is 0 Å². The lowest BCUT2D eigenvalue weighted by atomic mass is 10.0. The van der Waals surface area contributed by atoms with Crippen molar-refractivity contribution in [3.63, 3.8) is 0 Å². The number of aryl methyl sites for hydroxylation is 1. The maximum Gasteiger partial charge on any atom is 0.220 e. The van der Waals surface area contributed by atoms with Gasteiger partial charge in [0.05, 0.1) is 23.2 Å². The summed E-state index contributed by atoms with van der Waals surface area (Å²) in [6, 6.07) is 14.2. The Bertz CT molecular complexity index is 1200. The highest BCUT2D eigenvalue weighted by Crippen LogP contribution is 2.33. The van der Waals surface area contributed by atoms with Crippen molar-refractivity contribution in [2.24, 2.45) is 5.92 Å². The van der Waals surface area contributed by atoms with Crippen LogP contribution >= 0.6 is 0 Å². The molecule has 1 amide bonds. The predicted molar refractivity (Wildman–Crippen MR) is 108 cm³/mol. The predicted octanol–water partition coefficient (Wildman–Crippen LogP) is 3.60. The average molecular weight is 372 g/mol. The Hall–Kier alpha value is -3.41. The normalized spacial score (nSPS) is 16.6. The number of carbonyl (C=O) groups excluding carboxylic acids is 1. The zero-order valence-corrected chi connectivity index (χ0v) is 15.5. The molecular weight excluding hydrogens is 352 g/mol. The largest absolute Gasteiger partial charge is 0.492 e. The van der Waals surface area contributed by atoms with Crippen LogP contribution in [0.15, 0.2) is 48.7 Å². The summed E-state index contributed by atoms with van der Waals surface area (Å²) in [5, 5.41) is 3.83. The zero-order valence-electron chi connectivity index (χ0n) is 15.5. The molecule has 6 nitrogen and oxygen atoms in total. The molecule has 0 bridgehead atoms. The molecule has 3 heterocycles. The second-order valence-corrected chi connectivity index (χ2v) is 7.28. The standard InChI is InChI=1S/C22H20N4O2/c1-13-25-18-5-4-15(8-20(18)26-13)16-9-19-17(3-2-6-23-19)21(10-16)28-12-14-7-22(27)24-11-14/h2-6,8-10,14H,7,11-12H2,1H3,(H,24,27)(H,25,26)/t14-/m1/s1. The summed E-state index contributed by atoms with van der Waals surface area (Å²) in [4.78, 5) is 23.7. The molecule has 6 heteroatoms. The van der Waals surface area contributed by atoms with Gasteiger partial charge in [0, 0.05) is 30.5 Å². The molecule has 1 aliphatic heterocycles. The molecule has 1 atom stereocenters. The van der Waals surface area contributed by atoms with Gasteiger partial charge in [-0.1, -0.05) is 6.07 Å². The van der Waals surface area contributed by atoms with Gasteiger partial charge >= 0.3 is 0 Å². The van der Waals surface area contributed by atoms with Crippen molar-refractivity contribution in [3.8, 4) is 16.9 Å². The van der Waals surface area contributed by atoms with Gasteiger partial charge in [-0.25, -0.2) is 4.98 Å². The summed E-state index contributed by atoms with van der Waals surface area (Å²) in [6.07, 6.45) is 2.31. The first-order chi connectivity index (χ1) is 13.7. The van der Waals surface area contributed by atoms with E-state index in [1.807, 2.05) is 25.1 Å². The minimum Gasteiger partial charge on any atom is -0.492 e. The highest BCUT2D eigenvalue weighted by Gasteiger charge is 2.22. The summed E-state index contributed by atoms with van der Waals surface area (Å²) in [5.74, 6) is 1.99. The van der Waals surface area contributed by atoms with E-state index in [9.17, 15) is 4.79 Å². The summed E-state index contributed by atoms with van der Waals surface area (Å²) in [5.41, 5.74) is 4.96. The van der Waals surface area contributed by atoms with Crippen LogP contribution in [-0.2, 0) is 4.79 Å². The molecule has 0 aliphatic carbocycles. The van der Waals surface area contributed by atoms with Gasteiger partial charge in [-0.15, -0.1) is 0 Å². The van der Waals surface area contributed by atoms with E-state index < -0.39 is 0 Å². The fraction of sp³-hybridized carbons (Fsp3) is 0.227. The summed E-state index contributed by atoms with van der Waals surface area (Å²) < 4.78 is 6.15. The maximum atomic E-state index is 11.4. The Labute approximate surface area is 162 Å². The molecule has 1 fully saturated rings. The first kappa shape index (κ1) is 16.7. The molecule has 4 aromatic rings. The van der Waals surface area contributed by atoms with Gasteiger partial charge in [0.2, 0.25) is 5.91 Å². The number of fused-ring (bicyclic) bond motifs is 2. The molecule has 1 saturated heterocycles. The van der Waals surface area contributed by atoms with Crippen LogP contribution in [0.5, 0.6) is 5.75 Å². The van der Waals surface area contributed by atoms with Gasteiger partial charge < -0.3 is 15.0 Å². The highest BCUT2D eigenvalue weighted by molar-refractivity contribution is 5.91. The number of hydrogen-bond acceptors (Lipinski definition) is 4. The van der Waals surface area contributed by atoms with Crippen molar-refractivity contribution in [3.05, 3.63) is 54.5 Å². The van der Waals surface area contributed by atoms with Crippen LogP contribution in [0.3, 0.4) is 0 Å². The Balaban J connectivity index is 1.54. The van der Waals surface area contributed by atoms with Gasteiger partial charge in [0.25, 0.3) is 0 Å². The number of carbonyl (C=O) groups is 1. The highest BCUT2D eigenvalue weighted by atomic mass is 16.5. The third-order valence-electron chi connectivity index (χ3n) is 5.15. The van der Waals surface area contributed by atoms with E-state index in [1.165, 1.54) is 0 Å². The average Bonchev–Trinajstić information content (AvgIpc) is 3.29. The van der Waals surface area contributed by atoms with Crippen LogP contribution < -0.4 is 10.1 Å². The van der Waals surface area contributed by atoms with E-state index in [1.54, 1.807) is 6.20 Å². The van der Waals surface area contributed by atoms with Crippen LogP contribution in [0.1, 0.15) is 12.2 Å². The first-order valence-corrected chi connectivity index (χ1v) is 9.41. The van der Waals surface area contributed by atoms with Crippen molar-refractivity contribution in [2.75, 3.05) is 13.2 Å². The lowest BCUT2D eigenvalue weighted by Crippen LogP contribution is -2.16. The number of nitrogens with one attached hydrogen (secondary N) is 2. The van der Waals surface area contributed by atoms with E-state index in [2.05, 4.69) is 44.5 Å². The molecular formula is C22H20N4O2. The minimum absolute atomic E-state index is 0.0945. The van der Waals surface area contributed by atoms with Gasteiger partial charge in [-0.3, -0.25) is 9.78 Å². The van der Waals surface area contributed by atoms with Gasteiger partial charge in [0.15, 0.2) is 0 Å². The molecule has 5 rings (SSSR count). The summed E-state index contributed by atoms with van der Waals surface area (Å²) >= 11 is 0. The number of pyridine rings is 1. The number of hydrogen-bond donors (Lipinski definition) is 2. The molecule has 2 aromatic heterocycles. The number of nitrogens with zero attached hydrogens (tertiary/aromatic N) is 2. The summed E-state index contributed by atoms with van der Waals surface area (Å²) in [6.45, 7) is 3.13. The molecule has 140 valence electrons. The second-order valence-electron chi connectivity index (χ2n) is 7.28. The van der Waals surface area contributed by atoms with Gasteiger partial charge in [-0.05, 0) is 54.4 Å². The third-order valence-corrected chi connectivity index (χ3v) is 5.15. The Morgan fingerprint density at radius 2 is 2.07 bits per heavy atom. The van der Waals surface area contributed by atoms with Crippen molar-refractivity contribution in [2.45, 2.75) is 13.3 Å². The Kier molecular flexibility index (Phi) is 3.97. The molecule has 1 aliphatic rings. The van der Waals surface area contributed by atoms with Crippen molar-refractivity contribution < 1.29 is 9.53 Å². The van der Waals surface area contributed by atoms with E-state index in [0.29, 0.717) is 19.6 Å². The lowest BCUT2D eigenvalue weighted by molar-refractivity contribution is -0.119. The molecule has 28 heavy (non-hydrogen) atoms. The maximum absolute atomic E-state index is 11.4. The van der Waals surface area contributed by atoms with Gasteiger partial charge in [0.1, 0.15) is 11.6 Å². The number of rotatable bonds is 4. The van der Waals surface area contributed by atoms with Crippen molar-refractivity contribution >= 4 is 27.8 Å². The van der Waals surface area contributed by atoms with E-state index in [0.717, 1.165) is 44.6 Å². The fourth-order valence-electron chi connectivity index (χ4n) is 3.74. The molecule has 0 saturated carbocycles. The Morgan fingerprint density at radius 1 is 1.14 bits per heavy atom. The lowest BCUT2D eigenvalue weighted by Gasteiger charge is -2.14. The van der Waals surface area contributed by atoms with Crippen LogP contribution in [0, 0.1) is 12.8 Å². The smallest absolute Gasteiger partial charge is 0.220 e. The first-order valence-electron chi connectivity index (χ1n) is 9.41. The number of aromatic amines is 1. The molecule has 2 aromatic carbocycles. The SMILES string of the molecule is Cc1nc2ccc(-c3cc(OC[C@H]4CNC(=O)C4)c4cccnc4c3)cc2[nH]1. The second kappa shape index (κ2) is 6.64. The van der Waals surface area contributed by atoms with Crippen LogP contribution in [0.2, 0.25) is 0 Å². The topological polar surface area (TPSA) is 79.9 Å². The van der Waals surface area contributed by atoms with E-state index in [4.69, 9.17) is 4.74 Å². The quantitative estimate of drug-likeness (QED) is 0.574. The number of ether oxygens (including phenoxy) is 1. The van der Waals surface area contributed by atoms with Crippen LogP contribution in [0.4, 0.5) is 0 Å². The Morgan fingerprint density at radius 3 is 2.93 bits per heavy atom. The molecule has 2 N–H and O–H groups in total. The minimum atomic E-state index is 0.0945. The number of amides is 1. The van der Waals surface area contributed by atoms with E-state index >= 15 is 0 Å². The number of aromatic nitrogens is 3. The van der Waals surface area contributed by atoms with Crippen LogP contribution in [0.25, 0.3) is 33.1 Å². The van der Waals surface area contributed by atoms with E-state index in [-0.39, 0.29) is 11.8 Å². The number of imidazole rings is 1. The van der Waals surface area contributed by atoms with Crippen molar-refractivity contribution in [1.82, 2.24) is 20.3 Å². The van der Waals surface area contributed by atoms with Crippen LogP contribution in [-0.4, -0.2) is 34.0 Å². The molecule has 0 unspecified atom stereocenters. The summed E-state index contributed by atoms with van der Waals surface area (Å²) in [7, 11) is 0. The zero-order chi connectivity index (χ0) is 19.1. The third kappa shape index (κ3) is 3.07. The van der Waals surface area contributed by atoms with Crippen molar-refractivity contribution in [1.29, 1.82) is 0 Å².